The first-order chi connectivity index (χ1) is 28.4. The molecule has 0 aromatic heterocycles. The molecule has 12 nitrogen and oxygen atoms in total. The zero-order valence-corrected chi connectivity index (χ0v) is 33.0. The number of aromatic hydroxyl groups is 1. The average molecular weight is 794 g/mol. The van der Waals surface area contributed by atoms with Crippen LogP contribution in [-0.4, -0.2) is 95.0 Å². The fraction of sp³-hybridized carbons (Fsp3) is 0.457. The van der Waals surface area contributed by atoms with Crippen LogP contribution in [-0.2, 0) is 20.9 Å². The lowest BCUT2D eigenvalue weighted by Crippen LogP contribution is -2.70. The molecule has 4 N–H and O–H groups in total. The Labute approximate surface area is 340 Å². The second kappa shape index (κ2) is 20.6. The summed E-state index contributed by atoms with van der Waals surface area (Å²) < 4.78 is 19.9. The van der Waals surface area contributed by atoms with Gasteiger partial charge in [-0.05, 0) is 91.1 Å². The van der Waals surface area contributed by atoms with Gasteiger partial charge in [0.2, 0.25) is 5.79 Å². The summed E-state index contributed by atoms with van der Waals surface area (Å²) >= 11 is 0. The summed E-state index contributed by atoms with van der Waals surface area (Å²) in [5, 5.41) is 54.6. The van der Waals surface area contributed by atoms with Crippen molar-refractivity contribution in [2.75, 3.05) is 46.2 Å². The highest BCUT2D eigenvalue weighted by molar-refractivity contribution is 6.03. The summed E-state index contributed by atoms with van der Waals surface area (Å²) in [5.41, 5.74) is 4.04. The maximum Gasteiger partial charge on any atom is 0.254 e. The number of carbonyl (C=O) groups is 1. The molecule has 3 aromatic carbocycles. The molecule has 308 valence electrons. The average Bonchev–Trinajstić information content (AvgIpc) is 3.25. The van der Waals surface area contributed by atoms with Crippen molar-refractivity contribution in [3.8, 4) is 17.6 Å². The molecule has 0 saturated heterocycles. The van der Waals surface area contributed by atoms with Crippen molar-refractivity contribution >= 4 is 11.6 Å². The molecule has 12 heteroatoms. The molecule has 1 amide bonds. The predicted molar refractivity (Wildman–Crippen MR) is 218 cm³/mol. The van der Waals surface area contributed by atoms with Crippen LogP contribution in [0.3, 0.4) is 0 Å². The van der Waals surface area contributed by atoms with E-state index in [1.807, 2.05) is 30.3 Å². The number of amides is 1. The Morgan fingerprint density at radius 2 is 1.74 bits per heavy atom. The lowest BCUT2D eigenvalue weighted by molar-refractivity contribution is -0.254. The molecule has 1 heterocycles. The highest BCUT2D eigenvalue weighted by atomic mass is 16.7. The topological polar surface area (TPSA) is 174 Å². The second-order valence-corrected chi connectivity index (χ2v) is 15.1. The molecule has 0 radical (unpaired) electrons. The van der Waals surface area contributed by atoms with E-state index in [2.05, 4.69) is 18.7 Å². The van der Waals surface area contributed by atoms with Gasteiger partial charge in [-0.3, -0.25) is 4.79 Å². The minimum atomic E-state index is -1.50. The summed E-state index contributed by atoms with van der Waals surface area (Å²) in [4.78, 5) is 22.8. The van der Waals surface area contributed by atoms with Gasteiger partial charge < -0.3 is 44.4 Å². The van der Waals surface area contributed by atoms with Crippen molar-refractivity contribution in [1.82, 2.24) is 4.90 Å². The van der Waals surface area contributed by atoms with Crippen LogP contribution in [0.5, 0.6) is 11.5 Å². The minimum absolute atomic E-state index is 0.00375. The Hall–Kier alpha value is -5.03. The van der Waals surface area contributed by atoms with E-state index in [-0.39, 0.29) is 88.6 Å². The number of hydrogen-bond donors (Lipinski definition) is 4. The van der Waals surface area contributed by atoms with E-state index in [1.54, 1.807) is 53.4 Å². The molecule has 2 aliphatic carbocycles. The SMILES string of the molecule is C=CCO[C@@]12Oc3ccc(O)cc3[C@H]3[C@H](CCCCO)[C@@H](CCCCO)C=C(C(=NOCc4ccccc4)C[C@@H]1N(CCOCCO)C(=O)c1ccc(C#N)cc1)[C@H]32. The number of unbranched alkanes of at least 4 members (excludes halogenated alkanes) is 2. The molecule has 6 rings (SSSR count). The summed E-state index contributed by atoms with van der Waals surface area (Å²) in [5.74, 6) is -2.04. The summed E-state index contributed by atoms with van der Waals surface area (Å²) in [6, 6.07) is 22.6. The molecule has 0 bridgehead atoms. The van der Waals surface area contributed by atoms with Gasteiger partial charge in [0, 0.05) is 43.2 Å². The number of benzene rings is 3. The fourth-order valence-electron chi connectivity index (χ4n) is 9.00. The lowest BCUT2D eigenvalue weighted by atomic mass is 9.55. The third kappa shape index (κ3) is 9.46. The van der Waals surface area contributed by atoms with Crippen LogP contribution < -0.4 is 4.74 Å². The van der Waals surface area contributed by atoms with Gasteiger partial charge in [0.05, 0.1) is 49.7 Å². The van der Waals surface area contributed by atoms with Gasteiger partial charge in [0.1, 0.15) is 24.1 Å². The standard InChI is InChI=1S/C46H55N3O9/c1-2-24-56-46-42(49(20-25-55-26-23-52)45(54)34-16-14-32(30-47)15-17-34)29-40(48-57-31-33-10-4-3-5-11-33)38-27-35(12-6-8-21-50)37(13-7-9-22-51)43(44(38)46)39-28-36(53)18-19-41(39)58-46/h2-5,10-11,14-19,27-28,35,37,42-44,50-53H,1,6-9,12-13,20-26,29,31H2/t35-,37+,42-,43+,44+,46+/m0/s1. The van der Waals surface area contributed by atoms with Crippen molar-refractivity contribution in [2.24, 2.45) is 22.9 Å². The molecule has 1 fully saturated rings. The smallest absolute Gasteiger partial charge is 0.254 e. The number of carbonyl (C=O) groups excluding carboxylic acids is 1. The van der Waals surface area contributed by atoms with E-state index < -0.39 is 17.7 Å². The molecule has 3 aliphatic rings. The van der Waals surface area contributed by atoms with Gasteiger partial charge >= 0.3 is 0 Å². The minimum Gasteiger partial charge on any atom is -0.508 e. The quantitative estimate of drug-likeness (QED) is 0.0549. The van der Waals surface area contributed by atoms with Crippen LogP contribution in [0.2, 0.25) is 0 Å². The number of phenolic OH excluding ortho intramolecular Hbond substituents is 1. The lowest BCUT2D eigenvalue weighted by Gasteiger charge is -2.60. The van der Waals surface area contributed by atoms with Crippen LogP contribution >= 0.6 is 0 Å². The van der Waals surface area contributed by atoms with Crippen molar-refractivity contribution in [1.29, 1.82) is 5.26 Å². The third-order valence-electron chi connectivity index (χ3n) is 11.5. The molecule has 3 aromatic rings. The highest BCUT2D eigenvalue weighted by Crippen LogP contribution is 2.62. The van der Waals surface area contributed by atoms with Gasteiger partial charge in [-0.25, -0.2) is 0 Å². The fourth-order valence-corrected chi connectivity index (χ4v) is 9.00. The molecule has 0 spiro atoms. The number of ether oxygens (including phenoxy) is 3. The monoisotopic (exact) mass is 793 g/mol. The Bertz CT molecular complexity index is 1930. The summed E-state index contributed by atoms with van der Waals surface area (Å²) in [7, 11) is 0. The van der Waals surface area contributed by atoms with E-state index in [4.69, 9.17) is 24.2 Å². The second-order valence-electron chi connectivity index (χ2n) is 15.1. The summed E-state index contributed by atoms with van der Waals surface area (Å²) in [6.07, 6.45) is 8.47. The Balaban J connectivity index is 1.58. The molecular formula is C46H55N3O9. The number of phenols is 1. The van der Waals surface area contributed by atoms with Crippen LogP contribution in [0, 0.1) is 29.1 Å². The van der Waals surface area contributed by atoms with Crippen molar-refractivity contribution in [2.45, 2.75) is 69.3 Å². The normalized spacial score (nSPS) is 23.8. The number of aliphatic hydroxyl groups excluding tert-OH is 3. The number of oxime groups is 1. The number of fused-ring (bicyclic) bond motifs is 2. The first-order valence-electron chi connectivity index (χ1n) is 20.3. The molecular weight excluding hydrogens is 739 g/mol. The van der Waals surface area contributed by atoms with Crippen molar-refractivity contribution in [3.05, 3.63) is 119 Å². The zero-order chi connectivity index (χ0) is 40.9. The Morgan fingerprint density at radius 3 is 2.45 bits per heavy atom. The van der Waals surface area contributed by atoms with Crippen LogP contribution in [0.4, 0.5) is 0 Å². The highest BCUT2D eigenvalue weighted by Gasteiger charge is 2.65. The molecule has 1 aliphatic heterocycles. The number of allylic oxidation sites excluding steroid dienone is 1. The van der Waals surface area contributed by atoms with E-state index in [0.29, 0.717) is 35.4 Å². The van der Waals surface area contributed by atoms with Crippen LogP contribution in [0.15, 0.2) is 102 Å². The van der Waals surface area contributed by atoms with E-state index >= 15 is 0 Å². The molecule has 0 unspecified atom stereocenters. The van der Waals surface area contributed by atoms with Crippen LogP contribution in [0.1, 0.15) is 77.9 Å². The maximum atomic E-state index is 14.9. The number of aliphatic hydroxyl groups is 3. The largest absolute Gasteiger partial charge is 0.508 e. The first kappa shape index (κ1) is 42.6. The van der Waals surface area contributed by atoms with E-state index in [0.717, 1.165) is 42.4 Å². The number of nitriles is 1. The van der Waals surface area contributed by atoms with E-state index in [1.165, 1.54) is 0 Å². The van der Waals surface area contributed by atoms with Crippen LogP contribution in [0.25, 0.3) is 0 Å². The number of rotatable bonds is 21. The molecule has 6 atom stereocenters. The zero-order valence-electron chi connectivity index (χ0n) is 33.0. The van der Waals surface area contributed by atoms with Gasteiger partial charge in [-0.15, -0.1) is 6.58 Å². The van der Waals surface area contributed by atoms with Crippen molar-refractivity contribution in [3.63, 3.8) is 0 Å². The predicted octanol–water partition coefficient (Wildman–Crippen LogP) is 6.25. The Kier molecular flexibility index (Phi) is 15.1. The maximum absolute atomic E-state index is 14.9. The van der Waals surface area contributed by atoms with Gasteiger partial charge in [0.15, 0.2) is 0 Å². The van der Waals surface area contributed by atoms with Gasteiger partial charge in [-0.1, -0.05) is 60.5 Å². The number of nitrogens with zero attached hydrogens (tertiary/aromatic N) is 3. The molecule has 58 heavy (non-hydrogen) atoms. The van der Waals surface area contributed by atoms with Gasteiger partial charge in [-0.2, -0.15) is 5.26 Å². The van der Waals surface area contributed by atoms with Crippen molar-refractivity contribution < 1.29 is 44.3 Å². The Morgan fingerprint density at radius 1 is 0.983 bits per heavy atom. The molecule has 1 saturated carbocycles. The first-order valence-corrected chi connectivity index (χ1v) is 20.3. The van der Waals surface area contributed by atoms with Gasteiger partial charge in [0.25, 0.3) is 5.91 Å². The number of hydrogen-bond acceptors (Lipinski definition) is 11. The van der Waals surface area contributed by atoms with E-state index in [9.17, 15) is 30.5 Å². The third-order valence-corrected chi connectivity index (χ3v) is 11.5. The summed E-state index contributed by atoms with van der Waals surface area (Å²) in [6.45, 7) is 4.54.